The fourth-order valence-corrected chi connectivity index (χ4v) is 2.75. The quantitative estimate of drug-likeness (QED) is 0.636. The molecule has 140 valence electrons. The molecule has 4 heteroatoms. The number of aryl methyl sites for hydroxylation is 2. The molecule has 0 aliphatic carbocycles. The average molecular weight is 355 g/mol. The molecule has 1 amide bonds. The largest absolute Gasteiger partial charge is 0.494 e. The summed E-state index contributed by atoms with van der Waals surface area (Å²) in [6.45, 7) is 7.98. The Bertz CT molecular complexity index is 712. The number of carbonyl (C=O) groups is 1. The van der Waals surface area contributed by atoms with E-state index >= 15 is 0 Å². The SMILES string of the molecule is CCCOc1ccccc1CCCNC(=O)c1ccc(OCC)c(C)c1. The van der Waals surface area contributed by atoms with Crippen molar-refractivity contribution in [3.8, 4) is 11.5 Å². The van der Waals surface area contributed by atoms with Gasteiger partial charge in [0.15, 0.2) is 0 Å². The maximum Gasteiger partial charge on any atom is 0.251 e. The van der Waals surface area contributed by atoms with E-state index in [0.717, 1.165) is 42.9 Å². The van der Waals surface area contributed by atoms with Gasteiger partial charge in [0, 0.05) is 12.1 Å². The first-order chi connectivity index (χ1) is 12.7. The maximum atomic E-state index is 12.3. The lowest BCUT2D eigenvalue weighted by Gasteiger charge is -2.11. The van der Waals surface area contributed by atoms with Crippen molar-refractivity contribution in [1.82, 2.24) is 5.32 Å². The third-order valence-corrected chi connectivity index (χ3v) is 4.08. The van der Waals surface area contributed by atoms with Gasteiger partial charge in [0.2, 0.25) is 0 Å². The molecule has 0 saturated carbocycles. The molecule has 0 atom stereocenters. The Morgan fingerprint density at radius 2 is 1.85 bits per heavy atom. The van der Waals surface area contributed by atoms with E-state index in [4.69, 9.17) is 9.47 Å². The van der Waals surface area contributed by atoms with Crippen LogP contribution in [-0.4, -0.2) is 25.7 Å². The second kappa shape index (κ2) is 10.5. The molecule has 0 fully saturated rings. The Hall–Kier alpha value is -2.49. The third kappa shape index (κ3) is 5.80. The molecule has 2 rings (SSSR count). The van der Waals surface area contributed by atoms with Gasteiger partial charge in [0.05, 0.1) is 13.2 Å². The molecule has 0 bridgehead atoms. The van der Waals surface area contributed by atoms with Gasteiger partial charge in [-0.15, -0.1) is 0 Å². The van der Waals surface area contributed by atoms with Gasteiger partial charge in [-0.1, -0.05) is 25.1 Å². The van der Waals surface area contributed by atoms with E-state index in [9.17, 15) is 4.79 Å². The highest BCUT2D eigenvalue weighted by molar-refractivity contribution is 5.94. The first kappa shape index (κ1) is 19.8. The molecule has 1 N–H and O–H groups in total. The molecule has 0 aliphatic rings. The first-order valence-electron chi connectivity index (χ1n) is 9.38. The smallest absolute Gasteiger partial charge is 0.251 e. The standard InChI is InChI=1S/C22H29NO3/c1-4-15-26-21-11-7-6-9-18(21)10-8-14-23-22(24)19-12-13-20(25-5-2)17(3)16-19/h6-7,9,11-13,16H,4-5,8,10,14-15H2,1-3H3,(H,23,24). The van der Waals surface area contributed by atoms with Crippen LogP contribution >= 0.6 is 0 Å². The Balaban J connectivity index is 1.83. The van der Waals surface area contributed by atoms with E-state index in [-0.39, 0.29) is 5.91 Å². The molecule has 0 radical (unpaired) electrons. The highest BCUT2D eigenvalue weighted by Gasteiger charge is 2.08. The van der Waals surface area contributed by atoms with E-state index < -0.39 is 0 Å². The average Bonchev–Trinajstić information content (AvgIpc) is 2.66. The van der Waals surface area contributed by atoms with E-state index in [1.807, 2.05) is 44.2 Å². The summed E-state index contributed by atoms with van der Waals surface area (Å²) in [6, 6.07) is 13.6. The minimum absolute atomic E-state index is 0.0494. The molecule has 0 aromatic heterocycles. The van der Waals surface area contributed by atoms with Crippen molar-refractivity contribution in [2.24, 2.45) is 0 Å². The topological polar surface area (TPSA) is 47.6 Å². The van der Waals surface area contributed by atoms with Gasteiger partial charge in [0.1, 0.15) is 11.5 Å². The Morgan fingerprint density at radius 1 is 1.04 bits per heavy atom. The molecular formula is C22H29NO3. The van der Waals surface area contributed by atoms with Crippen molar-refractivity contribution in [1.29, 1.82) is 0 Å². The number of benzene rings is 2. The number of para-hydroxylation sites is 1. The van der Waals surface area contributed by atoms with Crippen LogP contribution in [0.25, 0.3) is 0 Å². The summed E-state index contributed by atoms with van der Waals surface area (Å²) < 4.78 is 11.3. The Kier molecular flexibility index (Phi) is 8.00. The minimum Gasteiger partial charge on any atom is -0.494 e. The third-order valence-electron chi connectivity index (χ3n) is 4.08. The van der Waals surface area contributed by atoms with Crippen LogP contribution in [0.3, 0.4) is 0 Å². The number of amides is 1. The van der Waals surface area contributed by atoms with E-state index in [1.54, 1.807) is 6.07 Å². The Labute approximate surface area is 156 Å². The number of hydrogen-bond donors (Lipinski definition) is 1. The molecule has 2 aromatic rings. The summed E-state index contributed by atoms with van der Waals surface area (Å²) in [4.78, 5) is 12.3. The predicted octanol–water partition coefficient (Wildman–Crippen LogP) is 4.55. The number of carbonyl (C=O) groups excluding carboxylic acids is 1. The zero-order valence-electron chi connectivity index (χ0n) is 16.0. The van der Waals surface area contributed by atoms with Gasteiger partial charge in [-0.25, -0.2) is 0 Å². The van der Waals surface area contributed by atoms with Gasteiger partial charge in [-0.05, 0) is 68.5 Å². The second-order valence-corrected chi connectivity index (χ2v) is 6.23. The molecule has 0 spiro atoms. The van der Waals surface area contributed by atoms with Crippen molar-refractivity contribution >= 4 is 5.91 Å². The minimum atomic E-state index is -0.0494. The van der Waals surface area contributed by atoms with E-state index in [0.29, 0.717) is 18.7 Å². The van der Waals surface area contributed by atoms with Crippen LogP contribution in [0.5, 0.6) is 11.5 Å². The van der Waals surface area contributed by atoms with Crippen molar-refractivity contribution < 1.29 is 14.3 Å². The molecule has 4 nitrogen and oxygen atoms in total. The van der Waals surface area contributed by atoms with Crippen molar-refractivity contribution in [3.05, 3.63) is 59.2 Å². The van der Waals surface area contributed by atoms with Crippen LogP contribution in [-0.2, 0) is 6.42 Å². The van der Waals surface area contributed by atoms with Crippen LogP contribution in [0, 0.1) is 6.92 Å². The van der Waals surface area contributed by atoms with E-state index in [2.05, 4.69) is 18.3 Å². The number of nitrogens with one attached hydrogen (secondary N) is 1. The van der Waals surface area contributed by atoms with Gasteiger partial charge in [-0.2, -0.15) is 0 Å². The predicted molar refractivity (Wildman–Crippen MR) is 105 cm³/mol. The lowest BCUT2D eigenvalue weighted by atomic mass is 10.1. The van der Waals surface area contributed by atoms with Crippen LogP contribution < -0.4 is 14.8 Å². The maximum absolute atomic E-state index is 12.3. The van der Waals surface area contributed by atoms with Crippen molar-refractivity contribution in [2.75, 3.05) is 19.8 Å². The van der Waals surface area contributed by atoms with Gasteiger partial charge in [-0.3, -0.25) is 4.79 Å². The van der Waals surface area contributed by atoms with Crippen molar-refractivity contribution in [2.45, 2.75) is 40.0 Å². The van der Waals surface area contributed by atoms with Crippen LogP contribution in [0.15, 0.2) is 42.5 Å². The fraction of sp³-hybridized carbons (Fsp3) is 0.409. The first-order valence-corrected chi connectivity index (χ1v) is 9.38. The number of ether oxygens (including phenoxy) is 2. The lowest BCUT2D eigenvalue weighted by Crippen LogP contribution is -2.24. The summed E-state index contributed by atoms with van der Waals surface area (Å²) in [7, 11) is 0. The van der Waals surface area contributed by atoms with Gasteiger partial charge >= 0.3 is 0 Å². The lowest BCUT2D eigenvalue weighted by molar-refractivity contribution is 0.0953. The van der Waals surface area contributed by atoms with Crippen molar-refractivity contribution in [3.63, 3.8) is 0 Å². The summed E-state index contributed by atoms with van der Waals surface area (Å²) in [5.41, 5.74) is 2.83. The number of rotatable bonds is 10. The molecule has 0 saturated heterocycles. The molecule has 26 heavy (non-hydrogen) atoms. The zero-order chi connectivity index (χ0) is 18.8. The highest BCUT2D eigenvalue weighted by Crippen LogP contribution is 2.20. The van der Waals surface area contributed by atoms with Crippen LogP contribution in [0.1, 0.15) is 48.2 Å². The monoisotopic (exact) mass is 355 g/mol. The summed E-state index contributed by atoms with van der Waals surface area (Å²) in [5, 5.41) is 2.99. The fourth-order valence-electron chi connectivity index (χ4n) is 2.75. The number of hydrogen-bond acceptors (Lipinski definition) is 3. The highest BCUT2D eigenvalue weighted by atomic mass is 16.5. The second-order valence-electron chi connectivity index (χ2n) is 6.23. The summed E-state index contributed by atoms with van der Waals surface area (Å²) >= 11 is 0. The van der Waals surface area contributed by atoms with Gasteiger partial charge in [0.25, 0.3) is 5.91 Å². The summed E-state index contributed by atoms with van der Waals surface area (Å²) in [5.74, 6) is 1.72. The molecule has 0 heterocycles. The Morgan fingerprint density at radius 3 is 2.58 bits per heavy atom. The zero-order valence-corrected chi connectivity index (χ0v) is 16.0. The normalized spacial score (nSPS) is 10.4. The summed E-state index contributed by atoms with van der Waals surface area (Å²) in [6.07, 6.45) is 2.74. The van der Waals surface area contributed by atoms with Gasteiger partial charge < -0.3 is 14.8 Å². The molecule has 0 unspecified atom stereocenters. The van der Waals surface area contributed by atoms with E-state index in [1.165, 1.54) is 5.56 Å². The van der Waals surface area contributed by atoms with Crippen LogP contribution in [0.4, 0.5) is 0 Å². The molecule has 2 aromatic carbocycles. The molecule has 0 aliphatic heterocycles. The van der Waals surface area contributed by atoms with Crippen LogP contribution in [0.2, 0.25) is 0 Å². The molecular weight excluding hydrogens is 326 g/mol.